The maximum atomic E-state index is 13.1. The predicted octanol–water partition coefficient (Wildman–Crippen LogP) is 3.54. The lowest BCUT2D eigenvalue weighted by Gasteiger charge is -2.12. The number of nitrogens with two attached hydrogens (primary N) is 1. The van der Waals surface area contributed by atoms with Gasteiger partial charge in [0.2, 0.25) is 0 Å². The summed E-state index contributed by atoms with van der Waals surface area (Å²) in [5.41, 5.74) is 4.06. The van der Waals surface area contributed by atoms with E-state index >= 15 is 0 Å². The van der Waals surface area contributed by atoms with E-state index in [-0.39, 0.29) is 12.0 Å². The molecule has 0 saturated heterocycles. The van der Waals surface area contributed by atoms with Crippen molar-refractivity contribution >= 4 is 5.78 Å². The van der Waals surface area contributed by atoms with Gasteiger partial charge in [-0.1, -0.05) is 13.3 Å². The lowest BCUT2D eigenvalue weighted by Crippen LogP contribution is -2.23. The largest absolute Gasteiger partial charge is 0.419 e. The van der Waals surface area contributed by atoms with E-state index in [4.69, 9.17) is 5.73 Å². The van der Waals surface area contributed by atoms with Gasteiger partial charge in [0.15, 0.2) is 5.78 Å². The van der Waals surface area contributed by atoms with Crippen molar-refractivity contribution in [2.24, 2.45) is 5.73 Å². The van der Waals surface area contributed by atoms with Gasteiger partial charge in [-0.2, -0.15) is 13.2 Å². The molecule has 19 heavy (non-hydrogen) atoms. The number of rotatable bonds is 5. The first-order valence-electron chi connectivity index (χ1n) is 5.91. The fourth-order valence-corrected chi connectivity index (χ4v) is 1.74. The van der Waals surface area contributed by atoms with Gasteiger partial charge in [-0.15, -0.1) is 0 Å². The van der Waals surface area contributed by atoms with Gasteiger partial charge in [-0.25, -0.2) is 4.39 Å². The Bertz CT molecular complexity index is 456. The Morgan fingerprint density at radius 3 is 2.53 bits per heavy atom. The highest BCUT2D eigenvalue weighted by molar-refractivity contribution is 5.96. The molecule has 0 aliphatic carbocycles. The van der Waals surface area contributed by atoms with Crippen LogP contribution in [-0.2, 0) is 6.18 Å². The van der Waals surface area contributed by atoms with Crippen molar-refractivity contribution in [1.29, 1.82) is 0 Å². The molecule has 0 aromatic heterocycles. The van der Waals surface area contributed by atoms with Crippen LogP contribution in [0.2, 0.25) is 0 Å². The third-order valence-electron chi connectivity index (χ3n) is 2.70. The number of alkyl halides is 3. The maximum absolute atomic E-state index is 13.1. The Morgan fingerprint density at radius 1 is 1.37 bits per heavy atom. The minimum Gasteiger partial charge on any atom is -0.327 e. The summed E-state index contributed by atoms with van der Waals surface area (Å²) in [6.07, 6.45) is -3.46. The molecule has 2 N–H and O–H groups in total. The fraction of sp³-hybridized carbons (Fsp3) is 0.462. The summed E-state index contributed by atoms with van der Waals surface area (Å²) < 4.78 is 50.6. The molecule has 1 unspecified atom stereocenters. The average molecular weight is 277 g/mol. The molecule has 1 aromatic carbocycles. The van der Waals surface area contributed by atoms with E-state index in [1.54, 1.807) is 0 Å². The molecule has 0 saturated carbocycles. The maximum Gasteiger partial charge on any atom is 0.419 e. The van der Waals surface area contributed by atoms with E-state index < -0.39 is 29.4 Å². The number of halogens is 4. The van der Waals surface area contributed by atoms with Crippen molar-refractivity contribution in [1.82, 2.24) is 0 Å². The summed E-state index contributed by atoms with van der Waals surface area (Å²) >= 11 is 0. The summed E-state index contributed by atoms with van der Waals surface area (Å²) in [7, 11) is 0. The topological polar surface area (TPSA) is 43.1 Å². The molecule has 6 heteroatoms. The van der Waals surface area contributed by atoms with E-state index in [1.807, 2.05) is 6.92 Å². The standard InChI is InChI=1S/C13H15F4NO/c1-2-3-9(18)7-12(19)8-4-5-11(14)10(6-8)13(15,16)17/h4-6,9H,2-3,7,18H2,1H3. The van der Waals surface area contributed by atoms with Crippen LogP contribution in [0.25, 0.3) is 0 Å². The molecular formula is C13H15F4NO. The van der Waals surface area contributed by atoms with E-state index in [0.717, 1.165) is 12.5 Å². The van der Waals surface area contributed by atoms with Crippen molar-refractivity contribution in [2.75, 3.05) is 0 Å². The molecule has 0 aliphatic heterocycles. The Morgan fingerprint density at radius 2 is 2.00 bits per heavy atom. The summed E-state index contributed by atoms with van der Waals surface area (Å²) in [5.74, 6) is -1.90. The van der Waals surface area contributed by atoms with Gasteiger partial charge in [0, 0.05) is 18.0 Å². The lowest BCUT2D eigenvalue weighted by molar-refractivity contribution is -0.140. The van der Waals surface area contributed by atoms with E-state index in [9.17, 15) is 22.4 Å². The van der Waals surface area contributed by atoms with Crippen molar-refractivity contribution in [2.45, 2.75) is 38.4 Å². The zero-order valence-electron chi connectivity index (χ0n) is 10.4. The smallest absolute Gasteiger partial charge is 0.327 e. The van der Waals surface area contributed by atoms with Crippen LogP contribution < -0.4 is 5.73 Å². The Kier molecular flexibility index (Phi) is 5.05. The monoisotopic (exact) mass is 277 g/mol. The molecular weight excluding hydrogens is 262 g/mol. The summed E-state index contributed by atoms with van der Waals surface area (Å²) in [4.78, 5) is 11.8. The molecule has 106 valence electrons. The normalized spacial score (nSPS) is 13.4. The lowest BCUT2D eigenvalue weighted by atomic mass is 9.99. The predicted molar refractivity (Wildman–Crippen MR) is 63.2 cm³/mol. The summed E-state index contributed by atoms with van der Waals surface area (Å²) in [6.45, 7) is 1.89. The van der Waals surface area contributed by atoms with Crippen LogP contribution in [0.5, 0.6) is 0 Å². The Balaban J connectivity index is 2.93. The zero-order valence-corrected chi connectivity index (χ0v) is 10.4. The molecule has 1 aromatic rings. The van der Waals surface area contributed by atoms with Crippen LogP contribution in [0, 0.1) is 5.82 Å². The van der Waals surface area contributed by atoms with Gasteiger partial charge in [0.05, 0.1) is 5.56 Å². The van der Waals surface area contributed by atoms with Crippen LogP contribution in [-0.4, -0.2) is 11.8 Å². The third-order valence-corrected chi connectivity index (χ3v) is 2.70. The van der Waals surface area contributed by atoms with Crippen molar-refractivity contribution in [3.63, 3.8) is 0 Å². The minimum atomic E-state index is -4.81. The van der Waals surface area contributed by atoms with Gasteiger partial charge in [0.1, 0.15) is 5.82 Å². The highest BCUT2D eigenvalue weighted by Crippen LogP contribution is 2.32. The van der Waals surface area contributed by atoms with Crippen molar-refractivity contribution in [3.8, 4) is 0 Å². The van der Waals surface area contributed by atoms with Gasteiger partial charge < -0.3 is 5.73 Å². The minimum absolute atomic E-state index is 0.0449. The van der Waals surface area contributed by atoms with Crippen LogP contribution in [0.15, 0.2) is 18.2 Å². The molecule has 1 atom stereocenters. The van der Waals surface area contributed by atoms with E-state index in [2.05, 4.69) is 0 Å². The first-order valence-corrected chi connectivity index (χ1v) is 5.91. The van der Waals surface area contributed by atoms with Gasteiger partial charge in [-0.3, -0.25) is 4.79 Å². The molecule has 0 radical (unpaired) electrons. The highest BCUT2D eigenvalue weighted by atomic mass is 19.4. The molecule has 1 rings (SSSR count). The number of ketones is 1. The Hall–Kier alpha value is -1.43. The first-order chi connectivity index (χ1) is 8.75. The molecule has 0 bridgehead atoms. The molecule has 0 amide bonds. The second-order valence-electron chi connectivity index (χ2n) is 4.37. The molecule has 2 nitrogen and oxygen atoms in total. The van der Waals surface area contributed by atoms with E-state index in [0.29, 0.717) is 18.6 Å². The summed E-state index contributed by atoms with van der Waals surface area (Å²) in [6, 6.07) is 1.85. The molecule has 0 heterocycles. The summed E-state index contributed by atoms with van der Waals surface area (Å²) in [5, 5.41) is 0. The fourth-order valence-electron chi connectivity index (χ4n) is 1.74. The number of carbonyl (C=O) groups excluding carboxylic acids is 1. The third kappa shape index (κ3) is 4.31. The van der Waals surface area contributed by atoms with Crippen molar-refractivity contribution in [3.05, 3.63) is 35.1 Å². The molecule has 0 spiro atoms. The SMILES string of the molecule is CCCC(N)CC(=O)c1ccc(F)c(C(F)(F)F)c1. The zero-order chi connectivity index (χ0) is 14.6. The van der Waals surface area contributed by atoms with Crippen LogP contribution in [0.3, 0.4) is 0 Å². The molecule has 0 fully saturated rings. The quantitative estimate of drug-likeness (QED) is 0.660. The average Bonchev–Trinajstić information content (AvgIpc) is 2.27. The number of hydrogen-bond acceptors (Lipinski definition) is 2. The molecule has 0 aliphatic rings. The second kappa shape index (κ2) is 6.14. The van der Waals surface area contributed by atoms with Crippen LogP contribution >= 0.6 is 0 Å². The second-order valence-corrected chi connectivity index (χ2v) is 4.37. The number of carbonyl (C=O) groups is 1. The van der Waals surface area contributed by atoms with Crippen LogP contribution in [0.4, 0.5) is 17.6 Å². The Labute approximate surface area is 108 Å². The first kappa shape index (κ1) is 15.6. The highest BCUT2D eigenvalue weighted by Gasteiger charge is 2.34. The van der Waals surface area contributed by atoms with Gasteiger partial charge in [-0.05, 0) is 24.6 Å². The van der Waals surface area contributed by atoms with Gasteiger partial charge >= 0.3 is 6.18 Å². The van der Waals surface area contributed by atoms with Gasteiger partial charge in [0.25, 0.3) is 0 Å². The van der Waals surface area contributed by atoms with Crippen molar-refractivity contribution < 1.29 is 22.4 Å². The van der Waals surface area contributed by atoms with E-state index in [1.165, 1.54) is 0 Å². The van der Waals surface area contributed by atoms with Crippen LogP contribution in [0.1, 0.15) is 42.1 Å². The number of hydrogen-bond donors (Lipinski definition) is 1. The number of benzene rings is 1. The number of Topliss-reactive ketones (excluding diaryl/α,β-unsaturated/α-hetero) is 1.